The molecule has 1 aromatic carbocycles. The SMILES string of the molecule is CNCC(=O)Nc1ccc(OC)c(C)c1C. The molecule has 0 saturated carbocycles. The van der Waals surface area contributed by atoms with Crippen LogP contribution in [-0.2, 0) is 4.79 Å². The van der Waals surface area contributed by atoms with Gasteiger partial charge in [-0.05, 0) is 44.2 Å². The number of carbonyl (C=O) groups is 1. The number of hydrogen-bond donors (Lipinski definition) is 2. The van der Waals surface area contributed by atoms with E-state index in [2.05, 4.69) is 10.6 Å². The summed E-state index contributed by atoms with van der Waals surface area (Å²) in [4.78, 5) is 11.4. The van der Waals surface area contributed by atoms with E-state index in [1.54, 1.807) is 14.2 Å². The highest BCUT2D eigenvalue weighted by Gasteiger charge is 2.08. The maximum atomic E-state index is 11.4. The smallest absolute Gasteiger partial charge is 0.238 e. The molecule has 2 N–H and O–H groups in total. The Labute approximate surface area is 96.0 Å². The van der Waals surface area contributed by atoms with Gasteiger partial charge in [-0.3, -0.25) is 4.79 Å². The van der Waals surface area contributed by atoms with Crippen molar-refractivity contribution in [1.29, 1.82) is 0 Å². The fourth-order valence-electron chi connectivity index (χ4n) is 1.51. The molecule has 0 unspecified atom stereocenters. The Hall–Kier alpha value is -1.55. The third-order valence-electron chi connectivity index (χ3n) is 2.57. The zero-order valence-corrected chi connectivity index (χ0v) is 10.2. The lowest BCUT2D eigenvalue weighted by Crippen LogP contribution is -2.25. The summed E-state index contributed by atoms with van der Waals surface area (Å²) in [5.41, 5.74) is 2.91. The molecule has 0 bridgehead atoms. The standard InChI is InChI=1S/C12H18N2O2/c1-8-9(2)11(16-4)6-5-10(8)14-12(15)7-13-3/h5-6,13H,7H2,1-4H3,(H,14,15). The van der Waals surface area contributed by atoms with Crippen molar-refractivity contribution in [3.63, 3.8) is 0 Å². The molecule has 0 aliphatic carbocycles. The minimum atomic E-state index is -0.0461. The fraction of sp³-hybridized carbons (Fsp3) is 0.417. The summed E-state index contributed by atoms with van der Waals surface area (Å²) in [5, 5.41) is 5.65. The molecule has 88 valence electrons. The molecule has 0 aliphatic heterocycles. The molecule has 1 aromatic rings. The summed E-state index contributed by atoms with van der Waals surface area (Å²) < 4.78 is 5.21. The summed E-state index contributed by atoms with van der Waals surface area (Å²) in [7, 11) is 3.38. The number of carbonyl (C=O) groups excluding carboxylic acids is 1. The third-order valence-corrected chi connectivity index (χ3v) is 2.57. The first-order valence-corrected chi connectivity index (χ1v) is 5.18. The minimum absolute atomic E-state index is 0.0461. The number of nitrogens with one attached hydrogen (secondary N) is 2. The van der Waals surface area contributed by atoms with Crippen LogP contribution in [0.15, 0.2) is 12.1 Å². The number of anilines is 1. The summed E-state index contributed by atoms with van der Waals surface area (Å²) in [6.07, 6.45) is 0. The van der Waals surface area contributed by atoms with Crippen LogP contribution in [0.25, 0.3) is 0 Å². The van der Waals surface area contributed by atoms with Crippen LogP contribution in [0, 0.1) is 13.8 Å². The van der Waals surface area contributed by atoms with Gasteiger partial charge in [-0.1, -0.05) is 0 Å². The van der Waals surface area contributed by atoms with E-state index < -0.39 is 0 Å². The number of rotatable bonds is 4. The van der Waals surface area contributed by atoms with Gasteiger partial charge < -0.3 is 15.4 Å². The first kappa shape index (κ1) is 12.5. The Bertz CT molecular complexity index is 389. The van der Waals surface area contributed by atoms with Crippen LogP contribution in [0.4, 0.5) is 5.69 Å². The molecular weight excluding hydrogens is 204 g/mol. The number of ether oxygens (including phenoxy) is 1. The van der Waals surface area contributed by atoms with E-state index in [4.69, 9.17) is 4.74 Å². The molecule has 1 rings (SSSR count). The summed E-state index contributed by atoms with van der Waals surface area (Å²) in [6.45, 7) is 4.25. The summed E-state index contributed by atoms with van der Waals surface area (Å²) in [6, 6.07) is 3.71. The highest BCUT2D eigenvalue weighted by Crippen LogP contribution is 2.26. The number of amides is 1. The van der Waals surface area contributed by atoms with Gasteiger partial charge in [0, 0.05) is 5.69 Å². The quantitative estimate of drug-likeness (QED) is 0.811. The van der Waals surface area contributed by atoms with Gasteiger partial charge in [0.15, 0.2) is 0 Å². The van der Waals surface area contributed by atoms with E-state index in [0.717, 1.165) is 22.6 Å². The zero-order chi connectivity index (χ0) is 12.1. The van der Waals surface area contributed by atoms with Gasteiger partial charge in [0.2, 0.25) is 5.91 Å². The molecule has 4 nitrogen and oxygen atoms in total. The van der Waals surface area contributed by atoms with Crippen molar-refractivity contribution < 1.29 is 9.53 Å². The lowest BCUT2D eigenvalue weighted by molar-refractivity contribution is -0.115. The van der Waals surface area contributed by atoms with Gasteiger partial charge in [0.1, 0.15) is 5.75 Å². The van der Waals surface area contributed by atoms with Gasteiger partial charge in [0.05, 0.1) is 13.7 Å². The van der Waals surface area contributed by atoms with E-state index in [1.165, 1.54) is 0 Å². The maximum Gasteiger partial charge on any atom is 0.238 e. The van der Waals surface area contributed by atoms with E-state index in [0.29, 0.717) is 6.54 Å². The monoisotopic (exact) mass is 222 g/mol. The third kappa shape index (κ3) is 2.73. The van der Waals surface area contributed by atoms with Crippen molar-refractivity contribution in [1.82, 2.24) is 5.32 Å². The largest absolute Gasteiger partial charge is 0.496 e. The van der Waals surface area contributed by atoms with E-state index >= 15 is 0 Å². The Kier molecular flexibility index (Phi) is 4.31. The highest BCUT2D eigenvalue weighted by atomic mass is 16.5. The molecule has 16 heavy (non-hydrogen) atoms. The zero-order valence-electron chi connectivity index (χ0n) is 10.2. The molecule has 0 fully saturated rings. The van der Waals surface area contributed by atoms with Crippen molar-refractivity contribution in [2.24, 2.45) is 0 Å². The Morgan fingerprint density at radius 1 is 1.31 bits per heavy atom. The molecule has 0 radical (unpaired) electrons. The summed E-state index contributed by atoms with van der Waals surface area (Å²) in [5.74, 6) is 0.791. The number of methoxy groups -OCH3 is 1. The van der Waals surface area contributed by atoms with Crippen LogP contribution in [0.5, 0.6) is 5.75 Å². The van der Waals surface area contributed by atoms with Gasteiger partial charge in [-0.2, -0.15) is 0 Å². The second-order valence-corrected chi connectivity index (χ2v) is 3.64. The Morgan fingerprint density at radius 3 is 2.56 bits per heavy atom. The fourth-order valence-corrected chi connectivity index (χ4v) is 1.51. The van der Waals surface area contributed by atoms with Crippen LogP contribution in [0.3, 0.4) is 0 Å². The second kappa shape index (κ2) is 5.51. The van der Waals surface area contributed by atoms with Gasteiger partial charge in [-0.15, -0.1) is 0 Å². The lowest BCUT2D eigenvalue weighted by atomic mass is 10.1. The highest BCUT2D eigenvalue weighted by molar-refractivity contribution is 5.93. The summed E-state index contributed by atoms with van der Waals surface area (Å²) >= 11 is 0. The molecule has 0 aliphatic rings. The molecule has 4 heteroatoms. The molecular formula is C12H18N2O2. The van der Waals surface area contributed by atoms with Crippen molar-refractivity contribution in [3.8, 4) is 5.75 Å². The van der Waals surface area contributed by atoms with Gasteiger partial charge >= 0.3 is 0 Å². The van der Waals surface area contributed by atoms with Crippen molar-refractivity contribution >= 4 is 11.6 Å². The molecule has 0 spiro atoms. The number of hydrogen-bond acceptors (Lipinski definition) is 3. The predicted molar refractivity (Wildman–Crippen MR) is 65.0 cm³/mol. The van der Waals surface area contributed by atoms with E-state index in [-0.39, 0.29) is 5.91 Å². The van der Waals surface area contributed by atoms with Crippen LogP contribution >= 0.6 is 0 Å². The Morgan fingerprint density at radius 2 is 2.00 bits per heavy atom. The van der Waals surface area contributed by atoms with E-state index in [9.17, 15) is 4.79 Å². The molecule has 0 saturated heterocycles. The minimum Gasteiger partial charge on any atom is -0.496 e. The van der Waals surface area contributed by atoms with Crippen molar-refractivity contribution in [2.45, 2.75) is 13.8 Å². The first-order chi connectivity index (χ1) is 7.60. The second-order valence-electron chi connectivity index (χ2n) is 3.64. The first-order valence-electron chi connectivity index (χ1n) is 5.18. The van der Waals surface area contributed by atoms with Crippen LogP contribution < -0.4 is 15.4 Å². The number of likely N-dealkylation sites (N-methyl/N-ethyl adjacent to an activating group) is 1. The van der Waals surface area contributed by atoms with Crippen LogP contribution in [-0.4, -0.2) is 26.6 Å². The van der Waals surface area contributed by atoms with Crippen molar-refractivity contribution in [3.05, 3.63) is 23.3 Å². The predicted octanol–water partition coefficient (Wildman–Crippen LogP) is 1.47. The maximum absolute atomic E-state index is 11.4. The van der Waals surface area contributed by atoms with Gasteiger partial charge in [-0.25, -0.2) is 0 Å². The average Bonchev–Trinajstić information content (AvgIpc) is 2.25. The molecule has 0 heterocycles. The molecule has 0 atom stereocenters. The van der Waals surface area contributed by atoms with Gasteiger partial charge in [0.25, 0.3) is 0 Å². The van der Waals surface area contributed by atoms with Crippen LogP contribution in [0.1, 0.15) is 11.1 Å². The van der Waals surface area contributed by atoms with Crippen LogP contribution in [0.2, 0.25) is 0 Å². The lowest BCUT2D eigenvalue weighted by Gasteiger charge is -2.13. The number of benzene rings is 1. The molecule has 0 aromatic heterocycles. The van der Waals surface area contributed by atoms with Crippen molar-refractivity contribution in [2.75, 3.05) is 26.0 Å². The van der Waals surface area contributed by atoms with E-state index in [1.807, 2.05) is 26.0 Å². The normalized spacial score (nSPS) is 10.0. The topological polar surface area (TPSA) is 50.4 Å². The Balaban J connectivity index is 2.90. The molecule has 1 amide bonds. The average molecular weight is 222 g/mol.